The molecular weight excluding hydrogens is 344 g/mol. The van der Waals surface area contributed by atoms with Crippen LogP contribution in [-0.2, 0) is 19.7 Å². The van der Waals surface area contributed by atoms with Gasteiger partial charge in [0.25, 0.3) is 0 Å². The standard InChI is InChI=1S/C21H20N2O4/c1-15(24)27-18-7-8-19(16(13-18)14-22)23-20(25)21(9-11-26-12-10-21)17-5-3-2-4-6-17/h2-8,13H,9-12H2,1H3,(H,23,25). The van der Waals surface area contributed by atoms with Crippen molar-refractivity contribution < 1.29 is 19.1 Å². The fourth-order valence-electron chi connectivity index (χ4n) is 3.32. The molecule has 0 aliphatic carbocycles. The number of nitrogens with zero attached hydrogens (tertiary/aromatic N) is 1. The van der Waals surface area contributed by atoms with Gasteiger partial charge in [0.1, 0.15) is 11.8 Å². The van der Waals surface area contributed by atoms with Crippen molar-refractivity contribution in [2.75, 3.05) is 18.5 Å². The largest absolute Gasteiger partial charge is 0.427 e. The van der Waals surface area contributed by atoms with Crippen LogP contribution in [0.2, 0.25) is 0 Å². The maximum atomic E-state index is 13.3. The maximum absolute atomic E-state index is 13.3. The summed E-state index contributed by atoms with van der Waals surface area (Å²) in [6, 6.07) is 16.2. The number of esters is 1. The van der Waals surface area contributed by atoms with E-state index in [1.54, 1.807) is 12.1 Å². The summed E-state index contributed by atoms with van der Waals surface area (Å²) in [4.78, 5) is 24.4. The molecule has 2 aromatic carbocycles. The molecule has 1 aliphatic heterocycles. The van der Waals surface area contributed by atoms with Gasteiger partial charge in [0.05, 0.1) is 16.7 Å². The Morgan fingerprint density at radius 1 is 1.15 bits per heavy atom. The van der Waals surface area contributed by atoms with Crippen LogP contribution in [0.5, 0.6) is 5.75 Å². The fourth-order valence-corrected chi connectivity index (χ4v) is 3.32. The predicted octanol–water partition coefficient (Wildman–Crippen LogP) is 3.17. The molecule has 0 saturated carbocycles. The number of hydrogen-bond acceptors (Lipinski definition) is 5. The Labute approximate surface area is 157 Å². The first kappa shape index (κ1) is 18.6. The Balaban J connectivity index is 1.90. The van der Waals surface area contributed by atoms with E-state index in [9.17, 15) is 14.9 Å². The second-order valence-corrected chi connectivity index (χ2v) is 6.43. The minimum Gasteiger partial charge on any atom is -0.427 e. The quantitative estimate of drug-likeness (QED) is 0.665. The molecule has 0 atom stereocenters. The third-order valence-corrected chi connectivity index (χ3v) is 4.73. The summed E-state index contributed by atoms with van der Waals surface area (Å²) in [5.74, 6) is -0.379. The van der Waals surface area contributed by atoms with Crippen molar-refractivity contribution in [2.24, 2.45) is 0 Å². The second kappa shape index (κ2) is 8.02. The van der Waals surface area contributed by atoms with Crippen molar-refractivity contribution in [2.45, 2.75) is 25.2 Å². The average molecular weight is 364 g/mol. The van der Waals surface area contributed by atoms with Crippen LogP contribution in [-0.4, -0.2) is 25.1 Å². The van der Waals surface area contributed by atoms with Crippen molar-refractivity contribution in [3.8, 4) is 11.8 Å². The number of benzene rings is 2. The molecule has 1 fully saturated rings. The van der Waals surface area contributed by atoms with Crippen LogP contribution in [0.15, 0.2) is 48.5 Å². The van der Waals surface area contributed by atoms with Crippen LogP contribution < -0.4 is 10.1 Å². The molecule has 6 heteroatoms. The van der Waals surface area contributed by atoms with Crippen molar-refractivity contribution in [3.63, 3.8) is 0 Å². The van der Waals surface area contributed by atoms with E-state index in [0.29, 0.717) is 31.7 Å². The van der Waals surface area contributed by atoms with E-state index >= 15 is 0 Å². The van der Waals surface area contributed by atoms with Gasteiger partial charge in [-0.2, -0.15) is 5.26 Å². The van der Waals surface area contributed by atoms with E-state index in [4.69, 9.17) is 9.47 Å². The van der Waals surface area contributed by atoms with E-state index in [2.05, 4.69) is 5.32 Å². The summed E-state index contributed by atoms with van der Waals surface area (Å²) in [6.45, 7) is 2.29. The van der Waals surface area contributed by atoms with Crippen LogP contribution in [0.1, 0.15) is 30.9 Å². The summed E-state index contributed by atoms with van der Waals surface area (Å²) < 4.78 is 10.5. The van der Waals surface area contributed by atoms with Crippen LogP contribution in [0, 0.1) is 11.3 Å². The van der Waals surface area contributed by atoms with Crippen molar-refractivity contribution in [1.82, 2.24) is 0 Å². The first-order valence-corrected chi connectivity index (χ1v) is 8.72. The molecule has 1 amide bonds. The lowest BCUT2D eigenvalue weighted by Gasteiger charge is -2.36. The maximum Gasteiger partial charge on any atom is 0.308 e. The summed E-state index contributed by atoms with van der Waals surface area (Å²) in [5.41, 5.74) is 0.847. The van der Waals surface area contributed by atoms with Gasteiger partial charge in [-0.05, 0) is 30.5 Å². The third kappa shape index (κ3) is 3.99. The molecule has 1 N–H and O–H groups in total. The number of anilines is 1. The first-order valence-electron chi connectivity index (χ1n) is 8.72. The zero-order valence-corrected chi connectivity index (χ0v) is 15.0. The van der Waals surface area contributed by atoms with Gasteiger partial charge in [-0.25, -0.2) is 0 Å². The molecule has 0 bridgehead atoms. The lowest BCUT2D eigenvalue weighted by atomic mass is 9.73. The molecule has 0 spiro atoms. The monoisotopic (exact) mass is 364 g/mol. The van der Waals surface area contributed by atoms with Crippen LogP contribution in [0.25, 0.3) is 0 Å². The number of nitrogens with one attached hydrogen (secondary N) is 1. The van der Waals surface area contributed by atoms with E-state index in [-0.39, 0.29) is 17.2 Å². The minimum atomic E-state index is -0.708. The molecule has 0 aromatic heterocycles. The Morgan fingerprint density at radius 2 is 1.85 bits per heavy atom. The highest BCUT2D eigenvalue weighted by atomic mass is 16.5. The molecule has 1 heterocycles. The molecule has 2 aromatic rings. The van der Waals surface area contributed by atoms with Crippen LogP contribution in [0.3, 0.4) is 0 Å². The van der Waals surface area contributed by atoms with Crippen molar-refractivity contribution in [3.05, 3.63) is 59.7 Å². The average Bonchev–Trinajstić information content (AvgIpc) is 2.69. The summed E-state index contributed by atoms with van der Waals surface area (Å²) in [6.07, 6.45) is 1.13. The highest BCUT2D eigenvalue weighted by Crippen LogP contribution is 2.36. The number of carbonyl (C=O) groups is 2. The molecule has 3 rings (SSSR count). The smallest absolute Gasteiger partial charge is 0.308 e. The van der Waals surface area contributed by atoms with Gasteiger partial charge in [0.15, 0.2) is 0 Å². The number of nitriles is 1. The number of amides is 1. The Bertz CT molecular complexity index is 881. The topological polar surface area (TPSA) is 88.4 Å². The Kier molecular flexibility index (Phi) is 5.53. The van der Waals surface area contributed by atoms with Crippen molar-refractivity contribution in [1.29, 1.82) is 5.26 Å². The number of rotatable bonds is 4. The van der Waals surface area contributed by atoms with Gasteiger partial charge in [0.2, 0.25) is 5.91 Å². The predicted molar refractivity (Wildman–Crippen MR) is 99.3 cm³/mol. The zero-order valence-electron chi connectivity index (χ0n) is 15.0. The SMILES string of the molecule is CC(=O)Oc1ccc(NC(=O)C2(c3ccccc3)CCOCC2)c(C#N)c1. The fraction of sp³-hybridized carbons (Fsp3) is 0.286. The van der Waals surface area contributed by atoms with Gasteiger partial charge in [-0.15, -0.1) is 0 Å². The highest BCUT2D eigenvalue weighted by molar-refractivity contribution is 6.00. The van der Waals surface area contributed by atoms with Gasteiger partial charge < -0.3 is 14.8 Å². The van der Waals surface area contributed by atoms with E-state index < -0.39 is 11.4 Å². The molecule has 27 heavy (non-hydrogen) atoms. The van der Waals surface area contributed by atoms with E-state index in [0.717, 1.165) is 5.56 Å². The Morgan fingerprint density at radius 3 is 2.48 bits per heavy atom. The third-order valence-electron chi connectivity index (χ3n) is 4.73. The zero-order chi connectivity index (χ0) is 19.3. The summed E-state index contributed by atoms with van der Waals surface area (Å²) in [7, 11) is 0. The minimum absolute atomic E-state index is 0.172. The molecule has 1 saturated heterocycles. The Hall–Kier alpha value is -3.17. The number of hydrogen-bond donors (Lipinski definition) is 1. The second-order valence-electron chi connectivity index (χ2n) is 6.43. The summed E-state index contributed by atoms with van der Waals surface area (Å²) in [5, 5.41) is 12.3. The van der Waals surface area contributed by atoms with Crippen molar-refractivity contribution >= 4 is 17.6 Å². The van der Waals surface area contributed by atoms with Gasteiger partial charge in [0, 0.05) is 26.2 Å². The lowest BCUT2D eigenvalue weighted by molar-refractivity contribution is -0.132. The molecule has 0 unspecified atom stereocenters. The highest BCUT2D eigenvalue weighted by Gasteiger charge is 2.41. The molecular formula is C21H20N2O4. The van der Waals surface area contributed by atoms with Crippen LogP contribution in [0.4, 0.5) is 5.69 Å². The van der Waals surface area contributed by atoms with Crippen LogP contribution >= 0.6 is 0 Å². The normalized spacial score (nSPS) is 15.4. The lowest BCUT2D eigenvalue weighted by Crippen LogP contribution is -2.44. The molecule has 138 valence electrons. The number of ether oxygens (including phenoxy) is 2. The van der Waals surface area contributed by atoms with E-state index in [1.807, 2.05) is 36.4 Å². The molecule has 1 aliphatic rings. The molecule has 6 nitrogen and oxygen atoms in total. The summed E-state index contributed by atoms with van der Waals surface area (Å²) >= 11 is 0. The molecule has 0 radical (unpaired) electrons. The van der Waals surface area contributed by atoms with Gasteiger partial charge in [-0.1, -0.05) is 30.3 Å². The number of carbonyl (C=O) groups excluding carboxylic acids is 2. The first-order chi connectivity index (χ1) is 13.0. The van der Waals surface area contributed by atoms with E-state index in [1.165, 1.54) is 13.0 Å². The van der Waals surface area contributed by atoms with Gasteiger partial charge >= 0.3 is 5.97 Å². The van der Waals surface area contributed by atoms with Gasteiger partial charge in [-0.3, -0.25) is 9.59 Å².